The fourth-order valence-corrected chi connectivity index (χ4v) is 3.17. The maximum Gasteiger partial charge on any atom is 0.154 e. The summed E-state index contributed by atoms with van der Waals surface area (Å²) >= 11 is 0. The topological polar surface area (TPSA) is 46.2 Å². The van der Waals surface area contributed by atoms with Gasteiger partial charge in [-0.3, -0.25) is 0 Å². The first kappa shape index (κ1) is 12.0. The fourth-order valence-electron chi connectivity index (χ4n) is 1.77. The summed E-state index contributed by atoms with van der Waals surface area (Å²) < 4.78 is 22.9. The summed E-state index contributed by atoms with van der Waals surface area (Å²) in [6, 6.07) is 0.578. The molecule has 84 valence electrons. The molecule has 0 aromatic rings. The predicted octanol–water partition coefficient (Wildman–Crippen LogP) is 1.34. The van der Waals surface area contributed by atoms with E-state index in [1.54, 1.807) is 0 Å². The average molecular weight is 219 g/mol. The zero-order valence-electron chi connectivity index (χ0n) is 9.34. The van der Waals surface area contributed by atoms with E-state index in [1.807, 2.05) is 13.8 Å². The Morgan fingerprint density at radius 1 is 1.29 bits per heavy atom. The molecule has 1 rings (SSSR count). The van der Waals surface area contributed by atoms with Crippen LogP contribution >= 0.6 is 0 Å². The van der Waals surface area contributed by atoms with Crippen molar-refractivity contribution in [3.05, 3.63) is 0 Å². The number of hydrogen-bond acceptors (Lipinski definition) is 3. The first-order valence-electron chi connectivity index (χ1n) is 5.38. The van der Waals surface area contributed by atoms with Gasteiger partial charge in [0.25, 0.3) is 0 Å². The Balaban J connectivity index is 2.68. The minimum Gasteiger partial charge on any atom is -0.312 e. The van der Waals surface area contributed by atoms with Crippen LogP contribution in [0.25, 0.3) is 0 Å². The van der Waals surface area contributed by atoms with E-state index in [1.165, 1.54) is 19.1 Å². The maximum absolute atomic E-state index is 11.7. The summed E-state index contributed by atoms with van der Waals surface area (Å²) in [6.45, 7) is 4.53. The third kappa shape index (κ3) is 2.48. The Bertz CT molecular complexity index is 276. The van der Waals surface area contributed by atoms with E-state index in [0.717, 1.165) is 0 Å². The molecular weight excluding hydrogens is 198 g/mol. The van der Waals surface area contributed by atoms with Crippen molar-refractivity contribution in [2.45, 2.75) is 50.3 Å². The lowest BCUT2D eigenvalue weighted by Crippen LogP contribution is -2.46. The van der Waals surface area contributed by atoms with Crippen LogP contribution in [-0.4, -0.2) is 32.0 Å². The molecule has 14 heavy (non-hydrogen) atoms. The normalized spacial score (nSPS) is 18.5. The molecule has 1 fully saturated rings. The Hall–Kier alpha value is -0.0900. The molecule has 0 aromatic heterocycles. The van der Waals surface area contributed by atoms with E-state index in [4.69, 9.17) is 0 Å². The molecule has 0 heterocycles. The van der Waals surface area contributed by atoms with Crippen molar-refractivity contribution >= 4 is 9.84 Å². The third-order valence-corrected chi connectivity index (χ3v) is 5.66. The number of nitrogens with one attached hydrogen (secondary N) is 1. The minimum absolute atomic E-state index is 0.546. The third-order valence-electron chi connectivity index (χ3n) is 3.37. The number of sulfone groups is 1. The van der Waals surface area contributed by atoms with Crippen molar-refractivity contribution in [3.63, 3.8) is 0 Å². The van der Waals surface area contributed by atoms with E-state index in [0.29, 0.717) is 25.4 Å². The van der Waals surface area contributed by atoms with Gasteiger partial charge in [0.05, 0.1) is 4.75 Å². The molecule has 0 aromatic carbocycles. The van der Waals surface area contributed by atoms with Gasteiger partial charge in [0.15, 0.2) is 9.84 Å². The second kappa shape index (κ2) is 4.19. The van der Waals surface area contributed by atoms with E-state index in [2.05, 4.69) is 5.32 Å². The highest BCUT2D eigenvalue weighted by molar-refractivity contribution is 7.92. The Kier molecular flexibility index (Phi) is 3.58. The van der Waals surface area contributed by atoms with Gasteiger partial charge in [-0.1, -0.05) is 13.8 Å². The van der Waals surface area contributed by atoms with Crippen LogP contribution in [0.1, 0.15) is 39.5 Å². The monoisotopic (exact) mass is 219 g/mol. The molecular formula is C10H21NO2S. The lowest BCUT2D eigenvalue weighted by Gasteiger charge is -2.30. The summed E-state index contributed by atoms with van der Waals surface area (Å²) in [5.74, 6) is 0. The van der Waals surface area contributed by atoms with Crippen molar-refractivity contribution in [1.29, 1.82) is 0 Å². The van der Waals surface area contributed by atoms with Crippen LogP contribution < -0.4 is 5.32 Å². The molecule has 1 aliphatic carbocycles. The molecule has 0 radical (unpaired) electrons. The first-order chi connectivity index (χ1) is 6.45. The van der Waals surface area contributed by atoms with Crippen LogP contribution in [0.5, 0.6) is 0 Å². The smallest absolute Gasteiger partial charge is 0.154 e. The minimum atomic E-state index is -2.96. The van der Waals surface area contributed by atoms with Gasteiger partial charge in [0.1, 0.15) is 0 Å². The molecule has 0 atom stereocenters. The van der Waals surface area contributed by atoms with Gasteiger partial charge in [-0.2, -0.15) is 0 Å². The number of hydrogen-bond donors (Lipinski definition) is 1. The van der Waals surface area contributed by atoms with Crippen LogP contribution in [0, 0.1) is 0 Å². The highest BCUT2D eigenvalue weighted by Crippen LogP contribution is 2.27. The van der Waals surface area contributed by atoms with Crippen molar-refractivity contribution < 1.29 is 8.42 Å². The first-order valence-corrected chi connectivity index (χ1v) is 7.27. The largest absolute Gasteiger partial charge is 0.312 e. The Morgan fingerprint density at radius 3 is 2.07 bits per heavy atom. The van der Waals surface area contributed by atoms with Crippen LogP contribution in [0.4, 0.5) is 0 Å². The Labute approximate surface area is 87.2 Å². The van der Waals surface area contributed by atoms with Crippen LogP contribution in [-0.2, 0) is 9.84 Å². The van der Waals surface area contributed by atoms with E-state index < -0.39 is 14.6 Å². The van der Waals surface area contributed by atoms with Crippen molar-refractivity contribution in [3.8, 4) is 0 Å². The van der Waals surface area contributed by atoms with E-state index >= 15 is 0 Å². The molecule has 3 nitrogen and oxygen atoms in total. The van der Waals surface area contributed by atoms with Crippen molar-refractivity contribution in [2.75, 3.05) is 12.8 Å². The molecule has 1 aliphatic rings. The molecule has 0 aliphatic heterocycles. The van der Waals surface area contributed by atoms with Crippen LogP contribution in [0.2, 0.25) is 0 Å². The summed E-state index contributed by atoms with van der Waals surface area (Å²) in [6.07, 6.45) is 5.15. The van der Waals surface area contributed by atoms with E-state index in [-0.39, 0.29) is 0 Å². The molecule has 0 bridgehead atoms. The van der Waals surface area contributed by atoms with E-state index in [9.17, 15) is 8.42 Å². The molecule has 4 heteroatoms. The van der Waals surface area contributed by atoms with Gasteiger partial charge in [-0.05, 0) is 25.7 Å². The van der Waals surface area contributed by atoms with Gasteiger partial charge >= 0.3 is 0 Å². The lowest BCUT2D eigenvalue weighted by atomic mass is 10.0. The SMILES string of the molecule is CCC(CC)(CNC1CC1)S(C)(=O)=O. The second-order valence-corrected chi connectivity index (χ2v) is 6.73. The standard InChI is InChI=1S/C10H21NO2S/c1-4-10(5-2,14(3,12)13)8-11-9-6-7-9/h9,11H,4-8H2,1-3H3. The van der Waals surface area contributed by atoms with Gasteiger partial charge in [0, 0.05) is 18.8 Å². The molecule has 0 amide bonds. The summed E-state index contributed by atoms with van der Waals surface area (Å²) in [5, 5.41) is 3.33. The molecule has 1 saturated carbocycles. The van der Waals surface area contributed by atoms with Gasteiger partial charge < -0.3 is 5.32 Å². The average Bonchev–Trinajstić information content (AvgIpc) is 2.88. The maximum atomic E-state index is 11.7. The zero-order valence-corrected chi connectivity index (χ0v) is 10.2. The van der Waals surface area contributed by atoms with Crippen molar-refractivity contribution in [1.82, 2.24) is 5.32 Å². The lowest BCUT2D eigenvalue weighted by molar-refractivity contribution is 0.451. The summed E-state index contributed by atoms with van der Waals surface area (Å²) in [4.78, 5) is 0. The highest BCUT2D eigenvalue weighted by atomic mass is 32.2. The fraction of sp³-hybridized carbons (Fsp3) is 1.00. The summed E-state index contributed by atoms with van der Waals surface area (Å²) in [5.41, 5.74) is 0. The van der Waals surface area contributed by atoms with Crippen LogP contribution in [0.15, 0.2) is 0 Å². The zero-order chi connectivity index (χ0) is 10.8. The Morgan fingerprint density at radius 2 is 1.79 bits per heavy atom. The summed E-state index contributed by atoms with van der Waals surface area (Å²) in [7, 11) is -2.96. The van der Waals surface area contributed by atoms with Gasteiger partial charge in [0.2, 0.25) is 0 Å². The molecule has 1 N–H and O–H groups in total. The number of rotatable bonds is 6. The van der Waals surface area contributed by atoms with Gasteiger partial charge in [-0.25, -0.2) is 8.42 Å². The van der Waals surface area contributed by atoms with Crippen molar-refractivity contribution in [2.24, 2.45) is 0 Å². The highest BCUT2D eigenvalue weighted by Gasteiger charge is 2.38. The van der Waals surface area contributed by atoms with Gasteiger partial charge in [-0.15, -0.1) is 0 Å². The quantitative estimate of drug-likeness (QED) is 0.733. The predicted molar refractivity (Wildman–Crippen MR) is 59.2 cm³/mol. The molecule has 0 unspecified atom stereocenters. The van der Waals surface area contributed by atoms with Crippen LogP contribution in [0.3, 0.4) is 0 Å². The molecule has 0 spiro atoms. The second-order valence-electron chi connectivity index (χ2n) is 4.32. The molecule has 0 saturated heterocycles.